The van der Waals surface area contributed by atoms with Crippen LogP contribution in [0.5, 0.6) is 0 Å². The molecule has 0 aliphatic carbocycles. The van der Waals surface area contributed by atoms with Crippen LogP contribution in [0.15, 0.2) is 24.4 Å². The molecule has 108 valence electrons. The standard InChI is InChI=1S/C13H16ClN2O3P/c1-3-18-20(17,19-4-2)12-8-16-11-7-9(14)5-6-10(11)13(12)15/h5-8H,3-4H2,1-2H3,(H2,15,16). The Kier molecular flexibility index (Phi) is 4.66. The van der Waals surface area contributed by atoms with Crippen molar-refractivity contribution in [2.75, 3.05) is 18.9 Å². The number of aromatic nitrogens is 1. The minimum atomic E-state index is -3.45. The van der Waals surface area contributed by atoms with Crippen molar-refractivity contribution in [2.45, 2.75) is 13.8 Å². The smallest absolute Gasteiger partial charge is 0.364 e. The number of nitrogen functional groups attached to an aromatic ring is 1. The molecule has 0 saturated heterocycles. The van der Waals surface area contributed by atoms with Gasteiger partial charge in [-0.2, -0.15) is 0 Å². The van der Waals surface area contributed by atoms with E-state index in [4.69, 9.17) is 26.4 Å². The molecule has 0 amide bonds. The number of hydrogen-bond donors (Lipinski definition) is 1. The van der Waals surface area contributed by atoms with Crippen molar-refractivity contribution < 1.29 is 13.6 Å². The summed E-state index contributed by atoms with van der Waals surface area (Å²) in [6.45, 7) is 4.01. The van der Waals surface area contributed by atoms with E-state index in [1.54, 1.807) is 32.0 Å². The fraction of sp³-hybridized carbons (Fsp3) is 0.308. The molecule has 7 heteroatoms. The van der Waals surface area contributed by atoms with Gasteiger partial charge >= 0.3 is 7.60 Å². The summed E-state index contributed by atoms with van der Waals surface area (Å²) < 4.78 is 23.3. The van der Waals surface area contributed by atoms with Crippen LogP contribution in [-0.4, -0.2) is 18.2 Å². The van der Waals surface area contributed by atoms with Gasteiger partial charge in [-0.3, -0.25) is 9.55 Å². The van der Waals surface area contributed by atoms with Gasteiger partial charge in [-0.1, -0.05) is 11.6 Å². The first-order valence-electron chi connectivity index (χ1n) is 6.25. The van der Waals surface area contributed by atoms with Gasteiger partial charge in [0.15, 0.2) is 0 Å². The highest BCUT2D eigenvalue weighted by molar-refractivity contribution is 7.62. The molecule has 20 heavy (non-hydrogen) atoms. The fourth-order valence-corrected chi connectivity index (χ4v) is 3.73. The molecule has 2 N–H and O–H groups in total. The molecule has 2 rings (SSSR count). The maximum absolute atomic E-state index is 12.8. The molecule has 0 fully saturated rings. The van der Waals surface area contributed by atoms with Crippen LogP contribution in [0, 0.1) is 0 Å². The number of nitrogens with zero attached hydrogens (tertiary/aromatic N) is 1. The average Bonchev–Trinajstić information content (AvgIpc) is 2.39. The van der Waals surface area contributed by atoms with E-state index < -0.39 is 7.60 Å². The van der Waals surface area contributed by atoms with Crippen LogP contribution in [0.2, 0.25) is 5.02 Å². The lowest BCUT2D eigenvalue weighted by molar-refractivity contribution is 0.230. The normalized spacial score (nSPS) is 11.9. The molecule has 0 aliphatic rings. The Labute approximate surface area is 122 Å². The van der Waals surface area contributed by atoms with Crippen molar-refractivity contribution in [2.24, 2.45) is 0 Å². The molecule has 1 heterocycles. The van der Waals surface area contributed by atoms with Crippen molar-refractivity contribution in [1.29, 1.82) is 0 Å². The number of halogens is 1. The highest BCUT2D eigenvalue weighted by atomic mass is 35.5. The number of rotatable bonds is 5. The molecule has 0 atom stereocenters. The van der Waals surface area contributed by atoms with Gasteiger partial charge < -0.3 is 14.8 Å². The number of nitrogens with two attached hydrogens (primary N) is 1. The monoisotopic (exact) mass is 314 g/mol. The van der Waals surface area contributed by atoms with E-state index in [0.29, 0.717) is 21.6 Å². The van der Waals surface area contributed by atoms with Gasteiger partial charge in [-0.15, -0.1) is 0 Å². The lowest BCUT2D eigenvalue weighted by atomic mass is 10.2. The van der Waals surface area contributed by atoms with E-state index in [-0.39, 0.29) is 18.5 Å². The molecular formula is C13H16ClN2O3P. The summed E-state index contributed by atoms with van der Waals surface area (Å²) in [5, 5.41) is 1.53. The lowest BCUT2D eigenvalue weighted by Crippen LogP contribution is -2.16. The van der Waals surface area contributed by atoms with Crippen LogP contribution in [0.4, 0.5) is 5.69 Å². The molecule has 1 aromatic carbocycles. The third kappa shape index (κ3) is 2.81. The zero-order valence-corrected chi connectivity index (χ0v) is 12.9. The van der Waals surface area contributed by atoms with Crippen molar-refractivity contribution in [1.82, 2.24) is 4.98 Å². The van der Waals surface area contributed by atoms with Crippen molar-refractivity contribution in [3.05, 3.63) is 29.4 Å². The van der Waals surface area contributed by atoms with Crippen molar-refractivity contribution in [3.63, 3.8) is 0 Å². The third-order valence-electron chi connectivity index (χ3n) is 2.74. The quantitative estimate of drug-likeness (QED) is 0.856. The summed E-state index contributed by atoms with van der Waals surface area (Å²) in [6, 6.07) is 5.15. The van der Waals surface area contributed by atoms with Crippen molar-refractivity contribution >= 4 is 41.1 Å². The molecule has 0 radical (unpaired) electrons. The van der Waals surface area contributed by atoms with E-state index in [9.17, 15) is 4.57 Å². The predicted octanol–water partition coefficient (Wildman–Crippen LogP) is 3.36. The number of anilines is 1. The zero-order chi connectivity index (χ0) is 14.8. The molecule has 0 unspecified atom stereocenters. The summed E-state index contributed by atoms with van der Waals surface area (Å²) >= 11 is 5.92. The van der Waals surface area contributed by atoms with Gasteiger partial charge in [-0.25, -0.2) is 0 Å². The highest BCUT2D eigenvalue weighted by Gasteiger charge is 2.30. The zero-order valence-electron chi connectivity index (χ0n) is 11.3. The second-order valence-corrected chi connectivity index (χ2v) is 6.48. The summed E-state index contributed by atoms with van der Waals surface area (Å²) in [5.74, 6) is 0. The van der Waals surface area contributed by atoms with Crippen LogP contribution in [0.3, 0.4) is 0 Å². The molecule has 0 bridgehead atoms. The second-order valence-electron chi connectivity index (χ2n) is 4.05. The summed E-state index contributed by atoms with van der Waals surface area (Å²) in [4.78, 5) is 4.24. The number of hydrogen-bond acceptors (Lipinski definition) is 5. The average molecular weight is 315 g/mol. The Morgan fingerprint density at radius 2 is 1.95 bits per heavy atom. The Balaban J connectivity index is 2.62. The molecule has 5 nitrogen and oxygen atoms in total. The highest BCUT2D eigenvalue weighted by Crippen LogP contribution is 2.48. The van der Waals surface area contributed by atoms with Crippen LogP contribution in [-0.2, 0) is 13.6 Å². The first-order valence-corrected chi connectivity index (χ1v) is 8.17. The van der Waals surface area contributed by atoms with E-state index in [1.165, 1.54) is 6.20 Å². The number of fused-ring (bicyclic) bond motifs is 1. The largest absolute Gasteiger partial charge is 0.397 e. The first kappa shape index (κ1) is 15.3. The molecule has 0 aliphatic heterocycles. The van der Waals surface area contributed by atoms with Gasteiger partial charge in [0, 0.05) is 16.6 Å². The Bertz CT molecular complexity index is 668. The Morgan fingerprint density at radius 3 is 2.55 bits per heavy atom. The first-order chi connectivity index (χ1) is 9.51. The molecule has 2 aromatic rings. The third-order valence-corrected chi connectivity index (χ3v) is 5.12. The topological polar surface area (TPSA) is 74.4 Å². The van der Waals surface area contributed by atoms with E-state index in [0.717, 1.165) is 0 Å². The maximum Gasteiger partial charge on any atom is 0.364 e. The van der Waals surface area contributed by atoms with Gasteiger partial charge in [0.2, 0.25) is 0 Å². The van der Waals surface area contributed by atoms with Gasteiger partial charge in [0.05, 0.1) is 24.4 Å². The Morgan fingerprint density at radius 1 is 1.30 bits per heavy atom. The molecular weight excluding hydrogens is 299 g/mol. The minimum absolute atomic E-state index is 0.259. The van der Waals surface area contributed by atoms with E-state index in [2.05, 4.69) is 4.98 Å². The molecule has 0 saturated carbocycles. The fourth-order valence-electron chi connectivity index (χ4n) is 1.91. The molecule has 0 spiro atoms. The number of pyridine rings is 1. The summed E-state index contributed by atoms with van der Waals surface area (Å²) in [6.07, 6.45) is 1.43. The van der Waals surface area contributed by atoms with Gasteiger partial charge in [-0.05, 0) is 32.0 Å². The summed E-state index contributed by atoms with van der Waals surface area (Å²) in [5.41, 5.74) is 7.08. The number of benzene rings is 1. The van der Waals surface area contributed by atoms with E-state index in [1.807, 2.05) is 0 Å². The predicted molar refractivity (Wildman–Crippen MR) is 81.7 cm³/mol. The Hall–Kier alpha value is -1.13. The maximum atomic E-state index is 12.8. The van der Waals surface area contributed by atoms with Crippen LogP contribution in [0.25, 0.3) is 10.9 Å². The van der Waals surface area contributed by atoms with Crippen LogP contribution in [0.1, 0.15) is 13.8 Å². The van der Waals surface area contributed by atoms with Gasteiger partial charge in [0.1, 0.15) is 5.30 Å². The van der Waals surface area contributed by atoms with Crippen LogP contribution < -0.4 is 11.0 Å². The van der Waals surface area contributed by atoms with Gasteiger partial charge in [0.25, 0.3) is 0 Å². The van der Waals surface area contributed by atoms with Crippen molar-refractivity contribution in [3.8, 4) is 0 Å². The summed E-state index contributed by atoms with van der Waals surface area (Å²) in [7, 11) is -3.45. The van der Waals surface area contributed by atoms with E-state index >= 15 is 0 Å². The SMILES string of the molecule is CCOP(=O)(OCC)c1cnc2cc(Cl)ccc2c1N. The lowest BCUT2D eigenvalue weighted by Gasteiger charge is -2.19. The minimum Gasteiger partial charge on any atom is -0.397 e. The molecule has 1 aromatic heterocycles. The second kappa shape index (κ2) is 6.10. The van der Waals surface area contributed by atoms with Crippen LogP contribution >= 0.6 is 19.2 Å².